The van der Waals surface area contributed by atoms with Gasteiger partial charge in [0.2, 0.25) is 0 Å². The van der Waals surface area contributed by atoms with Gasteiger partial charge in [-0.1, -0.05) is 30.3 Å². The third kappa shape index (κ3) is 3.01. The largest absolute Gasteiger partial charge is 0.391 e. The van der Waals surface area contributed by atoms with Crippen molar-refractivity contribution in [3.63, 3.8) is 0 Å². The Hall–Kier alpha value is -1.00. The van der Waals surface area contributed by atoms with Crippen LogP contribution in [0.15, 0.2) is 30.3 Å². The van der Waals surface area contributed by atoms with Crippen LogP contribution in [0.5, 0.6) is 0 Å². The Morgan fingerprint density at radius 3 is 2.65 bits per heavy atom. The molecule has 0 saturated carbocycles. The van der Waals surface area contributed by atoms with Crippen LogP contribution in [0.25, 0.3) is 0 Å². The fourth-order valence-corrected chi connectivity index (χ4v) is 2.24. The summed E-state index contributed by atoms with van der Waals surface area (Å²) < 4.78 is 27.7. The summed E-state index contributed by atoms with van der Waals surface area (Å²) >= 11 is 0. The van der Waals surface area contributed by atoms with Crippen LogP contribution >= 0.6 is 0 Å². The first-order valence-corrected chi connectivity index (χ1v) is 5.94. The van der Waals surface area contributed by atoms with E-state index >= 15 is 0 Å². The Morgan fingerprint density at radius 1 is 1.35 bits per heavy atom. The number of aliphatic hydroxyl groups is 1. The summed E-state index contributed by atoms with van der Waals surface area (Å²) in [6, 6.07) is 7.48. The minimum Gasteiger partial charge on any atom is -0.391 e. The maximum absolute atomic E-state index is 13.9. The van der Waals surface area contributed by atoms with Gasteiger partial charge in [-0.3, -0.25) is 0 Å². The Kier molecular flexibility index (Phi) is 3.74. The second kappa shape index (κ2) is 5.10. The van der Waals surface area contributed by atoms with Crippen LogP contribution in [0.4, 0.5) is 8.78 Å². The molecule has 2 rings (SSSR count). The van der Waals surface area contributed by atoms with Crippen molar-refractivity contribution in [2.24, 2.45) is 0 Å². The fourth-order valence-electron chi connectivity index (χ4n) is 2.24. The summed E-state index contributed by atoms with van der Waals surface area (Å²) in [5, 5.41) is 12.9. The third-order valence-electron chi connectivity index (χ3n) is 3.22. The highest BCUT2D eigenvalue weighted by Crippen LogP contribution is 2.34. The van der Waals surface area contributed by atoms with Crippen molar-refractivity contribution in [1.82, 2.24) is 5.32 Å². The van der Waals surface area contributed by atoms with E-state index in [1.54, 1.807) is 18.2 Å². The number of aliphatic hydroxyl groups excluding tert-OH is 1. The van der Waals surface area contributed by atoms with Gasteiger partial charge in [0.15, 0.2) is 0 Å². The molecule has 0 aromatic heterocycles. The first-order valence-electron chi connectivity index (χ1n) is 5.94. The molecule has 2 nitrogen and oxygen atoms in total. The highest BCUT2D eigenvalue weighted by molar-refractivity contribution is 5.20. The van der Waals surface area contributed by atoms with E-state index in [9.17, 15) is 13.9 Å². The summed E-state index contributed by atoms with van der Waals surface area (Å²) in [6.07, 6.45) is 0.201. The normalized spacial score (nSPS) is 22.6. The smallest absolute Gasteiger partial charge is 0.275 e. The van der Waals surface area contributed by atoms with Crippen LogP contribution in [0.2, 0.25) is 0 Å². The average Bonchev–Trinajstić information content (AvgIpc) is 2.83. The molecule has 2 atom stereocenters. The van der Waals surface area contributed by atoms with Crippen molar-refractivity contribution in [1.29, 1.82) is 0 Å². The maximum Gasteiger partial charge on any atom is 0.275 e. The number of hydrogen-bond acceptors (Lipinski definition) is 2. The molecule has 1 aromatic carbocycles. The van der Waals surface area contributed by atoms with E-state index in [0.29, 0.717) is 0 Å². The monoisotopic (exact) mass is 241 g/mol. The van der Waals surface area contributed by atoms with Crippen molar-refractivity contribution >= 4 is 0 Å². The van der Waals surface area contributed by atoms with E-state index in [-0.39, 0.29) is 11.6 Å². The molecular weight excluding hydrogens is 224 g/mol. The van der Waals surface area contributed by atoms with Gasteiger partial charge in [-0.15, -0.1) is 0 Å². The number of halogens is 2. The number of hydrogen-bond donors (Lipinski definition) is 2. The van der Waals surface area contributed by atoms with Gasteiger partial charge < -0.3 is 10.4 Å². The van der Waals surface area contributed by atoms with Crippen molar-refractivity contribution < 1.29 is 13.9 Å². The Morgan fingerprint density at radius 2 is 2.06 bits per heavy atom. The van der Waals surface area contributed by atoms with E-state index < -0.39 is 18.4 Å². The Bertz CT molecular complexity index is 350. The van der Waals surface area contributed by atoms with E-state index in [4.69, 9.17) is 0 Å². The van der Waals surface area contributed by atoms with Gasteiger partial charge in [-0.05, 0) is 19.4 Å². The topological polar surface area (TPSA) is 32.3 Å². The molecular formula is C13H17F2NO. The molecule has 4 heteroatoms. The molecule has 0 aliphatic carbocycles. The zero-order chi connectivity index (χ0) is 12.3. The molecule has 17 heavy (non-hydrogen) atoms. The van der Waals surface area contributed by atoms with Gasteiger partial charge in [-0.2, -0.15) is 0 Å². The van der Waals surface area contributed by atoms with Gasteiger partial charge >= 0.3 is 0 Å². The van der Waals surface area contributed by atoms with Gasteiger partial charge in [0.1, 0.15) is 0 Å². The number of alkyl halides is 2. The average molecular weight is 241 g/mol. The zero-order valence-electron chi connectivity index (χ0n) is 9.57. The summed E-state index contributed by atoms with van der Waals surface area (Å²) in [5.74, 6) is -2.97. The second-order valence-electron chi connectivity index (χ2n) is 4.54. The van der Waals surface area contributed by atoms with E-state index in [1.807, 2.05) is 0 Å². The molecule has 2 N–H and O–H groups in total. The lowest BCUT2D eigenvalue weighted by Gasteiger charge is -2.24. The van der Waals surface area contributed by atoms with Crippen LogP contribution < -0.4 is 5.32 Å². The Labute approximate surface area is 99.7 Å². The van der Waals surface area contributed by atoms with Crippen LogP contribution in [0, 0.1) is 0 Å². The van der Waals surface area contributed by atoms with Crippen LogP contribution in [-0.4, -0.2) is 23.8 Å². The molecule has 0 radical (unpaired) electrons. The van der Waals surface area contributed by atoms with E-state index in [2.05, 4.69) is 5.32 Å². The molecule has 0 spiro atoms. The predicted molar refractivity (Wildman–Crippen MR) is 62.0 cm³/mol. The molecule has 0 amide bonds. The summed E-state index contributed by atoms with van der Waals surface area (Å²) in [5.41, 5.74) is -0.0305. The number of benzene rings is 1. The molecule has 0 bridgehead atoms. The second-order valence-corrected chi connectivity index (χ2v) is 4.54. The minimum absolute atomic E-state index is 0.0305. The Balaban J connectivity index is 2.01. The summed E-state index contributed by atoms with van der Waals surface area (Å²) in [4.78, 5) is 0. The maximum atomic E-state index is 13.9. The lowest BCUT2D eigenvalue weighted by Crippen LogP contribution is -2.38. The van der Waals surface area contributed by atoms with Gasteiger partial charge in [0.25, 0.3) is 5.92 Å². The van der Waals surface area contributed by atoms with Gasteiger partial charge in [0, 0.05) is 18.0 Å². The molecule has 1 fully saturated rings. The lowest BCUT2D eigenvalue weighted by molar-refractivity contribution is -0.0565. The molecule has 94 valence electrons. The van der Waals surface area contributed by atoms with Crippen molar-refractivity contribution in [3.8, 4) is 0 Å². The third-order valence-corrected chi connectivity index (χ3v) is 3.22. The van der Waals surface area contributed by atoms with E-state index in [0.717, 1.165) is 19.4 Å². The highest BCUT2D eigenvalue weighted by Gasteiger charge is 2.37. The molecule has 1 heterocycles. The number of nitrogens with one attached hydrogen (secondary N) is 1. The molecule has 1 saturated heterocycles. The van der Waals surface area contributed by atoms with Crippen LogP contribution in [0.1, 0.15) is 24.8 Å². The van der Waals surface area contributed by atoms with Crippen molar-refractivity contribution in [2.45, 2.75) is 37.3 Å². The zero-order valence-corrected chi connectivity index (χ0v) is 9.57. The van der Waals surface area contributed by atoms with Gasteiger partial charge in [-0.25, -0.2) is 8.78 Å². The highest BCUT2D eigenvalue weighted by atomic mass is 19.3. The predicted octanol–water partition coefficient (Wildman–Crippen LogP) is 2.28. The number of rotatable bonds is 4. The van der Waals surface area contributed by atoms with Crippen molar-refractivity contribution in [2.75, 3.05) is 6.54 Å². The van der Waals surface area contributed by atoms with Crippen LogP contribution in [-0.2, 0) is 5.92 Å². The minimum atomic E-state index is -2.97. The standard InChI is InChI=1S/C13H17F2NO/c14-13(15,10-5-2-1-3-6-10)9-12(17)11-7-4-8-16-11/h1-3,5-6,11-12,16-17H,4,7-9H2/t11-,12?/m0/s1. The van der Waals surface area contributed by atoms with E-state index in [1.165, 1.54) is 12.1 Å². The first kappa shape index (κ1) is 12.5. The fraction of sp³-hybridized carbons (Fsp3) is 0.538. The summed E-state index contributed by atoms with van der Waals surface area (Å²) in [7, 11) is 0. The molecule has 1 aromatic rings. The molecule has 1 aliphatic heterocycles. The van der Waals surface area contributed by atoms with Crippen molar-refractivity contribution in [3.05, 3.63) is 35.9 Å². The molecule has 1 unspecified atom stereocenters. The molecule has 1 aliphatic rings. The van der Waals surface area contributed by atoms with Gasteiger partial charge in [0.05, 0.1) is 6.10 Å². The SMILES string of the molecule is OC(CC(F)(F)c1ccccc1)[C@@H]1CCCN1. The quantitative estimate of drug-likeness (QED) is 0.847. The summed E-state index contributed by atoms with van der Waals surface area (Å²) in [6.45, 7) is 0.804. The first-order chi connectivity index (χ1) is 8.09. The van der Waals surface area contributed by atoms with Crippen LogP contribution in [0.3, 0.4) is 0 Å². The lowest BCUT2D eigenvalue weighted by atomic mass is 9.97.